The van der Waals surface area contributed by atoms with Crippen molar-refractivity contribution in [3.05, 3.63) is 35.9 Å². The normalized spacial score (nSPS) is 10.1. The van der Waals surface area contributed by atoms with E-state index >= 15 is 0 Å². The molecule has 0 spiro atoms. The second kappa shape index (κ2) is 5.55. The molecule has 0 aromatic heterocycles. The predicted octanol–water partition coefficient (Wildman–Crippen LogP) is 0.508. The third-order valence-electron chi connectivity index (χ3n) is 1.77. The van der Waals surface area contributed by atoms with Crippen molar-refractivity contribution in [2.75, 3.05) is 7.11 Å². The number of hydrogen-bond acceptors (Lipinski definition) is 2. The minimum atomic E-state index is -0.490. The minimum absolute atomic E-state index is 0.246. The van der Waals surface area contributed by atoms with Gasteiger partial charge < -0.3 is 16.2 Å². The van der Waals surface area contributed by atoms with E-state index in [0.717, 1.165) is 11.3 Å². The number of nitrogens with zero attached hydrogens (tertiary/aromatic N) is 1. The molecule has 16 heavy (non-hydrogen) atoms. The van der Waals surface area contributed by atoms with E-state index in [2.05, 4.69) is 4.99 Å². The molecule has 0 atom stereocenters. The van der Waals surface area contributed by atoms with Crippen molar-refractivity contribution in [2.45, 2.75) is 0 Å². The highest BCUT2D eigenvalue weighted by molar-refractivity contribution is 5.99. The van der Waals surface area contributed by atoms with Gasteiger partial charge in [-0.3, -0.25) is 4.79 Å². The molecule has 4 N–H and O–H groups in total. The number of ether oxygens (including phenoxy) is 1. The van der Waals surface area contributed by atoms with Crippen LogP contribution < -0.4 is 16.2 Å². The van der Waals surface area contributed by atoms with E-state index in [9.17, 15) is 4.79 Å². The van der Waals surface area contributed by atoms with E-state index in [1.165, 1.54) is 6.08 Å². The Hall–Kier alpha value is -2.30. The first-order chi connectivity index (χ1) is 7.61. The second-order valence-corrected chi connectivity index (χ2v) is 2.98. The van der Waals surface area contributed by atoms with Crippen LogP contribution in [0.3, 0.4) is 0 Å². The molecule has 1 rings (SSSR count). The molecule has 1 aromatic rings. The maximum atomic E-state index is 11.1. The molecule has 0 aliphatic heterocycles. The average molecular weight is 219 g/mol. The molecule has 5 nitrogen and oxygen atoms in total. The largest absolute Gasteiger partial charge is 0.497 e. The summed E-state index contributed by atoms with van der Waals surface area (Å²) in [5, 5.41) is 0. The van der Waals surface area contributed by atoms with Crippen LogP contribution in [0.5, 0.6) is 5.75 Å². The lowest BCUT2D eigenvalue weighted by molar-refractivity contribution is -0.113. The van der Waals surface area contributed by atoms with Crippen molar-refractivity contribution in [3.8, 4) is 5.75 Å². The molecule has 0 unspecified atom stereocenters. The molecule has 0 radical (unpaired) electrons. The highest BCUT2D eigenvalue weighted by Gasteiger charge is 1.93. The van der Waals surface area contributed by atoms with Gasteiger partial charge in [-0.25, -0.2) is 0 Å². The smallest absolute Gasteiger partial charge is 0.272 e. The summed E-state index contributed by atoms with van der Waals surface area (Å²) in [7, 11) is 1.59. The lowest BCUT2D eigenvalue weighted by Crippen LogP contribution is -2.23. The van der Waals surface area contributed by atoms with E-state index in [1.54, 1.807) is 25.3 Å². The summed E-state index contributed by atoms with van der Waals surface area (Å²) in [6, 6.07) is 7.23. The highest BCUT2D eigenvalue weighted by Crippen LogP contribution is 2.12. The van der Waals surface area contributed by atoms with Gasteiger partial charge in [0.05, 0.1) is 7.11 Å². The summed E-state index contributed by atoms with van der Waals surface area (Å²) < 4.78 is 5.00. The van der Waals surface area contributed by atoms with Crippen molar-refractivity contribution < 1.29 is 9.53 Å². The maximum Gasteiger partial charge on any atom is 0.272 e. The Morgan fingerprint density at radius 1 is 1.31 bits per heavy atom. The molecule has 84 valence electrons. The van der Waals surface area contributed by atoms with Gasteiger partial charge in [0.1, 0.15) is 5.75 Å². The Labute approximate surface area is 93.4 Å². The summed E-state index contributed by atoms with van der Waals surface area (Å²) in [4.78, 5) is 14.4. The average Bonchev–Trinajstić information content (AvgIpc) is 2.26. The number of amides is 1. The van der Waals surface area contributed by atoms with Gasteiger partial charge in [-0.1, -0.05) is 12.1 Å². The summed E-state index contributed by atoms with van der Waals surface area (Å²) >= 11 is 0. The van der Waals surface area contributed by atoms with E-state index in [-0.39, 0.29) is 5.96 Å². The molecule has 0 saturated carbocycles. The Morgan fingerprint density at radius 3 is 2.44 bits per heavy atom. The van der Waals surface area contributed by atoms with Gasteiger partial charge >= 0.3 is 0 Å². The molecule has 0 heterocycles. The summed E-state index contributed by atoms with van der Waals surface area (Å²) in [6.07, 6.45) is 2.91. The molecular weight excluding hydrogens is 206 g/mol. The number of carbonyl (C=O) groups is 1. The second-order valence-electron chi connectivity index (χ2n) is 2.98. The van der Waals surface area contributed by atoms with Gasteiger partial charge in [0.2, 0.25) is 0 Å². The lowest BCUT2D eigenvalue weighted by atomic mass is 10.2. The summed E-state index contributed by atoms with van der Waals surface area (Å²) in [6.45, 7) is 0. The van der Waals surface area contributed by atoms with E-state index < -0.39 is 5.91 Å². The van der Waals surface area contributed by atoms with Crippen LogP contribution in [0.15, 0.2) is 35.3 Å². The SMILES string of the molecule is COc1ccc(C=CC(=O)N=C(N)N)cc1. The minimum Gasteiger partial charge on any atom is -0.497 e. The molecule has 0 fully saturated rings. The van der Waals surface area contributed by atoms with Crippen LogP contribution in [-0.4, -0.2) is 19.0 Å². The molecule has 0 saturated heterocycles. The molecule has 1 amide bonds. The first-order valence-corrected chi connectivity index (χ1v) is 4.57. The Balaban J connectivity index is 2.69. The summed E-state index contributed by atoms with van der Waals surface area (Å²) in [5.74, 6) is 0.0212. The van der Waals surface area contributed by atoms with Crippen LogP contribution in [0.1, 0.15) is 5.56 Å². The monoisotopic (exact) mass is 219 g/mol. The summed E-state index contributed by atoms with van der Waals surface area (Å²) in [5.41, 5.74) is 11.0. The number of methoxy groups -OCH3 is 1. The Bertz CT molecular complexity index is 417. The van der Waals surface area contributed by atoms with Crippen LogP contribution in [0, 0.1) is 0 Å². The number of guanidine groups is 1. The van der Waals surface area contributed by atoms with Crippen LogP contribution in [0.4, 0.5) is 0 Å². The number of aliphatic imine (C=N–C) groups is 1. The zero-order valence-electron chi connectivity index (χ0n) is 8.88. The van der Waals surface area contributed by atoms with Crippen molar-refractivity contribution in [2.24, 2.45) is 16.5 Å². The van der Waals surface area contributed by atoms with Gasteiger partial charge in [-0.2, -0.15) is 4.99 Å². The zero-order chi connectivity index (χ0) is 12.0. The quantitative estimate of drug-likeness (QED) is 0.440. The van der Waals surface area contributed by atoms with Gasteiger partial charge in [-0.15, -0.1) is 0 Å². The number of rotatable bonds is 3. The first kappa shape index (κ1) is 11.8. The van der Waals surface area contributed by atoms with Crippen LogP contribution in [0.25, 0.3) is 6.08 Å². The fraction of sp³-hybridized carbons (Fsp3) is 0.0909. The highest BCUT2D eigenvalue weighted by atomic mass is 16.5. The number of nitrogens with two attached hydrogens (primary N) is 2. The Morgan fingerprint density at radius 2 is 1.94 bits per heavy atom. The molecular formula is C11H13N3O2. The van der Waals surface area contributed by atoms with E-state index in [0.29, 0.717) is 0 Å². The van der Waals surface area contributed by atoms with Crippen molar-refractivity contribution in [3.63, 3.8) is 0 Å². The predicted molar refractivity (Wildman–Crippen MR) is 62.8 cm³/mol. The molecule has 1 aromatic carbocycles. The third kappa shape index (κ3) is 3.83. The fourth-order valence-electron chi connectivity index (χ4n) is 1.05. The third-order valence-corrected chi connectivity index (χ3v) is 1.77. The Kier molecular flexibility index (Phi) is 4.08. The van der Waals surface area contributed by atoms with Gasteiger partial charge in [0, 0.05) is 6.08 Å². The van der Waals surface area contributed by atoms with Crippen molar-refractivity contribution in [1.29, 1.82) is 0 Å². The zero-order valence-corrected chi connectivity index (χ0v) is 8.88. The first-order valence-electron chi connectivity index (χ1n) is 4.57. The maximum absolute atomic E-state index is 11.1. The standard InChI is InChI=1S/C11H13N3O2/c1-16-9-5-2-8(3-6-9)4-7-10(15)14-11(12)13/h2-7H,1H3,(H4,12,13,14,15). The number of hydrogen-bond donors (Lipinski definition) is 2. The van der Waals surface area contributed by atoms with Crippen molar-refractivity contribution in [1.82, 2.24) is 0 Å². The fourth-order valence-corrected chi connectivity index (χ4v) is 1.05. The van der Waals surface area contributed by atoms with Gasteiger partial charge in [-0.05, 0) is 23.8 Å². The molecule has 0 aliphatic carbocycles. The van der Waals surface area contributed by atoms with Gasteiger partial charge in [0.25, 0.3) is 5.91 Å². The lowest BCUT2D eigenvalue weighted by Gasteiger charge is -1.98. The number of carbonyl (C=O) groups excluding carboxylic acids is 1. The van der Waals surface area contributed by atoms with Crippen LogP contribution >= 0.6 is 0 Å². The molecule has 5 heteroatoms. The topological polar surface area (TPSA) is 90.7 Å². The molecule has 0 bridgehead atoms. The number of benzene rings is 1. The van der Waals surface area contributed by atoms with Gasteiger partial charge in [0.15, 0.2) is 5.96 Å². The van der Waals surface area contributed by atoms with Crippen LogP contribution in [0.2, 0.25) is 0 Å². The molecule has 0 aliphatic rings. The van der Waals surface area contributed by atoms with E-state index in [1.807, 2.05) is 12.1 Å². The van der Waals surface area contributed by atoms with E-state index in [4.69, 9.17) is 16.2 Å². The van der Waals surface area contributed by atoms with Crippen LogP contribution in [-0.2, 0) is 4.79 Å². The van der Waals surface area contributed by atoms with Crippen molar-refractivity contribution >= 4 is 17.9 Å².